The third kappa shape index (κ3) is 3.77. The van der Waals surface area contributed by atoms with Gasteiger partial charge in [0.25, 0.3) is 0 Å². The van der Waals surface area contributed by atoms with Crippen molar-refractivity contribution >= 4 is 0 Å². The zero-order valence-electron chi connectivity index (χ0n) is 16.6. The topological polar surface area (TPSA) is 38.7 Å². The van der Waals surface area contributed by atoms with E-state index in [1.165, 1.54) is 5.57 Å². The maximum Gasteiger partial charge on any atom is 0.127 e. The average molecular weight is 357 g/mol. The van der Waals surface area contributed by atoms with Crippen LogP contribution in [0.3, 0.4) is 0 Å². The Morgan fingerprint density at radius 2 is 2.15 bits per heavy atom. The second kappa shape index (κ2) is 7.38. The molecule has 0 fully saturated rings. The molecule has 26 heavy (non-hydrogen) atoms. The number of hydrogen-bond acceptors (Lipinski definition) is 3. The molecule has 0 aromatic heterocycles. The predicted octanol–water partition coefficient (Wildman–Crippen LogP) is 5.88. The minimum atomic E-state index is -0.242. The molecule has 0 amide bonds. The maximum atomic E-state index is 10.8. The summed E-state index contributed by atoms with van der Waals surface area (Å²) in [4.78, 5) is 0. The van der Waals surface area contributed by atoms with Crippen molar-refractivity contribution in [1.29, 1.82) is 0 Å². The SMILES string of the molecule is C=C(Cc1cc(O)c2c(c1)OC(C)(C)[C@@H]1CC=C(C)C[C@@H]21)OCCCC. The summed E-state index contributed by atoms with van der Waals surface area (Å²) in [5, 5.41) is 10.8. The fraction of sp³-hybridized carbons (Fsp3) is 0.565. The van der Waals surface area contributed by atoms with Gasteiger partial charge in [-0.2, -0.15) is 0 Å². The first kappa shape index (κ1) is 18.9. The summed E-state index contributed by atoms with van der Waals surface area (Å²) in [6.07, 6.45) is 7.05. The summed E-state index contributed by atoms with van der Waals surface area (Å²) >= 11 is 0. The number of unbranched alkanes of at least 4 members (excludes halogenated alkanes) is 1. The highest BCUT2D eigenvalue weighted by Crippen LogP contribution is 2.54. The van der Waals surface area contributed by atoms with Gasteiger partial charge in [0.15, 0.2) is 0 Å². The van der Waals surface area contributed by atoms with Crippen molar-refractivity contribution in [2.75, 3.05) is 6.61 Å². The Labute approximate surface area is 157 Å². The number of benzene rings is 1. The van der Waals surface area contributed by atoms with Crippen molar-refractivity contribution in [3.05, 3.63) is 47.2 Å². The van der Waals surface area contributed by atoms with Crippen molar-refractivity contribution in [2.24, 2.45) is 5.92 Å². The van der Waals surface area contributed by atoms with E-state index in [-0.39, 0.29) is 5.60 Å². The van der Waals surface area contributed by atoms with Crippen LogP contribution in [0.5, 0.6) is 11.5 Å². The Hall–Kier alpha value is -1.90. The monoisotopic (exact) mass is 356 g/mol. The highest BCUT2D eigenvalue weighted by atomic mass is 16.5. The fourth-order valence-corrected chi connectivity index (χ4v) is 4.36. The van der Waals surface area contributed by atoms with Gasteiger partial charge in [0.05, 0.1) is 12.4 Å². The van der Waals surface area contributed by atoms with Gasteiger partial charge < -0.3 is 14.6 Å². The summed E-state index contributed by atoms with van der Waals surface area (Å²) in [6, 6.07) is 3.93. The molecular formula is C23H32O3. The Morgan fingerprint density at radius 1 is 1.38 bits per heavy atom. The molecule has 1 aromatic carbocycles. The van der Waals surface area contributed by atoms with Gasteiger partial charge in [0.2, 0.25) is 0 Å². The zero-order chi connectivity index (χ0) is 18.9. The van der Waals surface area contributed by atoms with Crippen LogP contribution in [0.4, 0.5) is 0 Å². The minimum Gasteiger partial charge on any atom is -0.508 e. The normalized spacial score (nSPS) is 23.3. The zero-order valence-corrected chi connectivity index (χ0v) is 16.6. The van der Waals surface area contributed by atoms with Crippen LogP contribution in [-0.4, -0.2) is 17.3 Å². The van der Waals surface area contributed by atoms with Crippen LogP contribution >= 0.6 is 0 Å². The second-order valence-electron chi connectivity index (χ2n) is 8.35. The molecule has 1 aliphatic carbocycles. The number of fused-ring (bicyclic) bond motifs is 3. The number of phenols is 1. The van der Waals surface area contributed by atoms with Gasteiger partial charge in [-0.05, 0) is 57.7 Å². The molecule has 142 valence electrons. The van der Waals surface area contributed by atoms with Crippen LogP contribution < -0.4 is 4.74 Å². The van der Waals surface area contributed by atoms with E-state index in [9.17, 15) is 5.11 Å². The van der Waals surface area contributed by atoms with Crippen LogP contribution in [-0.2, 0) is 11.2 Å². The number of hydrogen-bond donors (Lipinski definition) is 1. The van der Waals surface area contributed by atoms with Crippen molar-refractivity contribution in [2.45, 2.75) is 71.3 Å². The molecule has 0 saturated heterocycles. The first-order valence-corrected chi connectivity index (χ1v) is 9.82. The van der Waals surface area contributed by atoms with Crippen LogP contribution in [0, 0.1) is 5.92 Å². The first-order chi connectivity index (χ1) is 12.3. The van der Waals surface area contributed by atoms with Gasteiger partial charge >= 0.3 is 0 Å². The van der Waals surface area contributed by atoms with Crippen molar-refractivity contribution in [1.82, 2.24) is 0 Å². The lowest BCUT2D eigenvalue weighted by Crippen LogP contribution is -2.45. The van der Waals surface area contributed by atoms with Gasteiger partial charge in [-0.3, -0.25) is 0 Å². The van der Waals surface area contributed by atoms with Crippen LogP contribution in [0.1, 0.15) is 70.4 Å². The number of allylic oxidation sites excluding steroid dienone is 3. The molecule has 0 radical (unpaired) electrons. The molecule has 3 rings (SSSR count). The van der Waals surface area contributed by atoms with Gasteiger partial charge in [0.1, 0.15) is 17.1 Å². The lowest BCUT2D eigenvalue weighted by atomic mass is 9.67. The summed E-state index contributed by atoms with van der Waals surface area (Å²) in [5.74, 6) is 2.61. The van der Waals surface area contributed by atoms with Crippen molar-refractivity contribution < 1.29 is 14.6 Å². The van der Waals surface area contributed by atoms with Crippen LogP contribution in [0.2, 0.25) is 0 Å². The van der Waals surface area contributed by atoms with E-state index in [4.69, 9.17) is 9.47 Å². The quantitative estimate of drug-likeness (QED) is 0.393. The van der Waals surface area contributed by atoms with E-state index in [2.05, 4.69) is 46.4 Å². The van der Waals surface area contributed by atoms with Gasteiger partial charge in [-0.15, -0.1) is 0 Å². The third-order valence-electron chi connectivity index (χ3n) is 5.77. The molecular weight excluding hydrogens is 324 g/mol. The number of rotatable bonds is 6. The van der Waals surface area contributed by atoms with Crippen LogP contribution in [0.25, 0.3) is 0 Å². The summed E-state index contributed by atoms with van der Waals surface area (Å²) in [6.45, 7) is 13.4. The van der Waals surface area contributed by atoms with Gasteiger partial charge in [0, 0.05) is 23.8 Å². The van der Waals surface area contributed by atoms with E-state index >= 15 is 0 Å². The molecule has 1 aliphatic heterocycles. The molecule has 3 heteroatoms. The molecule has 2 aliphatic rings. The van der Waals surface area contributed by atoms with E-state index in [0.29, 0.717) is 30.6 Å². The van der Waals surface area contributed by atoms with Crippen molar-refractivity contribution in [3.8, 4) is 11.5 Å². The molecule has 0 spiro atoms. The smallest absolute Gasteiger partial charge is 0.127 e. The maximum absolute atomic E-state index is 10.8. The number of aromatic hydroxyl groups is 1. The molecule has 0 unspecified atom stereocenters. The van der Waals surface area contributed by atoms with Crippen molar-refractivity contribution in [3.63, 3.8) is 0 Å². The Bertz CT molecular complexity index is 714. The molecule has 3 nitrogen and oxygen atoms in total. The molecule has 0 saturated carbocycles. The standard InChI is InChI=1S/C23H32O3/c1-6-7-10-25-16(3)12-17-13-20(24)22-18-11-15(2)8-9-19(18)23(4,5)26-21(22)14-17/h8,13-14,18-19,24H,3,6-7,9-12H2,1-2,4-5H3/t18-,19-/m1/s1. The molecule has 1 aromatic rings. The first-order valence-electron chi connectivity index (χ1n) is 9.82. The fourth-order valence-electron chi connectivity index (χ4n) is 4.36. The van der Waals surface area contributed by atoms with E-state index in [1.54, 1.807) is 0 Å². The van der Waals surface area contributed by atoms with E-state index in [1.807, 2.05) is 6.07 Å². The van der Waals surface area contributed by atoms with Gasteiger partial charge in [-0.1, -0.05) is 31.6 Å². The largest absolute Gasteiger partial charge is 0.508 e. The molecule has 1 heterocycles. The summed E-state index contributed by atoms with van der Waals surface area (Å²) in [5.41, 5.74) is 3.12. The van der Waals surface area contributed by atoms with E-state index in [0.717, 1.165) is 48.3 Å². The van der Waals surface area contributed by atoms with Crippen LogP contribution in [0.15, 0.2) is 36.1 Å². The Morgan fingerprint density at radius 3 is 2.88 bits per heavy atom. The lowest BCUT2D eigenvalue weighted by Gasteiger charge is -2.47. The summed E-state index contributed by atoms with van der Waals surface area (Å²) in [7, 11) is 0. The minimum absolute atomic E-state index is 0.242. The molecule has 2 atom stereocenters. The molecule has 0 bridgehead atoms. The predicted molar refractivity (Wildman–Crippen MR) is 106 cm³/mol. The van der Waals surface area contributed by atoms with E-state index < -0.39 is 0 Å². The lowest BCUT2D eigenvalue weighted by molar-refractivity contribution is 0.00753. The highest BCUT2D eigenvalue weighted by Gasteiger charge is 2.45. The number of phenolic OH excluding ortho intramolecular Hbond substituents is 1. The Kier molecular flexibility index (Phi) is 5.36. The Balaban J connectivity index is 1.86. The van der Waals surface area contributed by atoms with Gasteiger partial charge in [-0.25, -0.2) is 0 Å². The highest BCUT2D eigenvalue weighted by molar-refractivity contribution is 5.53. The number of ether oxygens (including phenoxy) is 2. The third-order valence-corrected chi connectivity index (χ3v) is 5.77. The average Bonchev–Trinajstić information content (AvgIpc) is 2.53. The second-order valence-corrected chi connectivity index (χ2v) is 8.35. The molecule has 1 N–H and O–H groups in total. The summed E-state index contributed by atoms with van der Waals surface area (Å²) < 4.78 is 12.1.